The normalized spacial score (nSPS) is 17.2. The second-order valence-corrected chi connectivity index (χ2v) is 9.00. The number of fused-ring (bicyclic) bond motifs is 1. The van der Waals surface area contributed by atoms with Crippen LogP contribution in [0.4, 0.5) is 15.9 Å². The zero-order chi connectivity index (χ0) is 23.5. The molecule has 1 aliphatic rings. The van der Waals surface area contributed by atoms with Gasteiger partial charge in [0.05, 0.1) is 22.2 Å². The number of piperidine rings is 1. The molecule has 1 aromatic carbocycles. The van der Waals surface area contributed by atoms with Gasteiger partial charge in [-0.25, -0.2) is 27.2 Å². The van der Waals surface area contributed by atoms with Crippen LogP contribution in [0, 0.1) is 30.7 Å². The molecular weight excluding hydrogens is 449 g/mol. The van der Waals surface area contributed by atoms with E-state index in [0.29, 0.717) is 29.1 Å². The number of aromatic carboxylic acids is 1. The van der Waals surface area contributed by atoms with Crippen LogP contribution in [0.5, 0.6) is 5.75 Å². The number of aryl methyl sites for hydroxylation is 1. The standard InChI is InChI=1S/C22H22FN5O4S/c1-14-17(22(29)30)12-28-20(14)21(24-13-25-28)26-18-6-5-16(23)10-19(18)32-9-7-15-4-3-8-27(11-15)33(2)31/h5-6,10,12-13,15H,3-4,8,11H2,1-2H3,(H,29,30)(H,24,25,26). The highest BCUT2D eigenvalue weighted by Crippen LogP contribution is 2.31. The van der Waals surface area contributed by atoms with E-state index in [2.05, 4.69) is 27.4 Å². The van der Waals surface area contributed by atoms with Crippen LogP contribution >= 0.6 is 0 Å². The maximum absolute atomic E-state index is 13.9. The summed E-state index contributed by atoms with van der Waals surface area (Å²) in [6.45, 7) is 3.03. The molecule has 11 heteroatoms. The van der Waals surface area contributed by atoms with Crippen molar-refractivity contribution >= 4 is 34.0 Å². The summed E-state index contributed by atoms with van der Waals surface area (Å²) in [5.41, 5.74) is 1.48. The van der Waals surface area contributed by atoms with Crippen LogP contribution in [0.15, 0.2) is 30.7 Å². The number of carboxylic acids is 1. The van der Waals surface area contributed by atoms with Crippen molar-refractivity contribution in [2.45, 2.75) is 19.8 Å². The summed E-state index contributed by atoms with van der Waals surface area (Å²) in [4.78, 5) is 15.7. The summed E-state index contributed by atoms with van der Waals surface area (Å²) >= 11 is 0. The van der Waals surface area contributed by atoms with Gasteiger partial charge in [-0.05, 0) is 37.5 Å². The quantitative estimate of drug-likeness (QED) is 0.551. The number of halogens is 1. The van der Waals surface area contributed by atoms with Crippen LogP contribution in [0.1, 0.15) is 28.8 Å². The molecule has 0 radical (unpaired) electrons. The third kappa shape index (κ3) is 4.97. The molecule has 1 aliphatic heterocycles. The van der Waals surface area contributed by atoms with Crippen LogP contribution in [0.3, 0.4) is 0 Å². The molecule has 1 saturated heterocycles. The molecule has 0 aliphatic carbocycles. The molecule has 2 unspecified atom stereocenters. The van der Waals surface area contributed by atoms with E-state index < -0.39 is 22.8 Å². The zero-order valence-electron chi connectivity index (χ0n) is 18.0. The summed E-state index contributed by atoms with van der Waals surface area (Å²) in [6, 6.07) is 3.96. The molecule has 2 N–H and O–H groups in total. The van der Waals surface area contributed by atoms with Gasteiger partial charge >= 0.3 is 5.97 Å². The maximum atomic E-state index is 13.9. The number of nitrogens with zero attached hydrogens (tertiary/aromatic N) is 4. The summed E-state index contributed by atoms with van der Waals surface area (Å²) in [6.07, 6.45) is 8.76. The average molecular weight is 472 g/mol. The van der Waals surface area contributed by atoms with E-state index >= 15 is 0 Å². The van der Waals surface area contributed by atoms with Gasteiger partial charge in [0.1, 0.15) is 23.8 Å². The summed E-state index contributed by atoms with van der Waals surface area (Å²) in [5.74, 6) is 1.97. The Bertz CT molecular complexity index is 1300. The van der Waals surface area contributed by atoms with Gasteiger partial charge in [0.25, 0.3) is 0 Å². The van der Waals surface area contributed by atoms with Gasteiger partial charge in [-0.3, -0.25) is 0 Å². The minimum absolute atomic E-state index is 0.00640. The molecule has 0 amide bonds. The van der Waals surface area contributed by atoms with Crippen LogP contribution in [0.25, 0.3) is 5.52 Å². The van der Waals surface area contributed by atoms with Gasteiger partial charge in [-0.2, -0.15) is 5.10 Å². The molecule has 2 atom stereocenters. The lowest BCUT2D eigenvalue weighted by atomic mass is 10.0. The Kier molecular flexibility index (Phi) is 6.57. The second-order valence-electron chi connectivity index (χ2n) is 7.64. The zero-order valence-corrected chi connectivity index (χ0v) is 18.9. The first kappa shape index (κ1) is 22.7. The smallest absolute Gasteiger partial charge is 0.337 e. The molecule has 3 heterocycles. The minimum atomic E-state index is -1.07. The van der Waals surface area contributed by atoms with Crippen molar-refractivity contribution in [2.24, 2.45) is 5.92 Å². The Morgan fingerprint density at radius 2 is 2.24 bits per heavy atom. The number of nitrogens with one attached hydrogen (secondary N) is 1. The van der Waals surface area contributed by atoms with E-state index in [1.807, 2.05) is 4.31 Å². The van der Waals surface area contributed by atoms with Gasteiger partial charge in [0.2, 0.25) is 0 Å². The number of ether oxygens (including phenoxy) is 1. The number of benzene rings is 1. The van der Waals surface area contributed by atoms with Gasteiger partial charge in [0.15, 0.2) is 11.6 Å². The number of hydrogen-bond donors (Lipinski definition) is 2. The van der Waals surface area contributed by atoms with Crippen LogP contribution in [-0.4, -0.2) is 53.5 Å². The van der Waals surface area contributed by atoms with Crippen molar-refractivity contribution in [3.05, 3.63) is 47.7 Å². The number of carbonyl (C=O) groups is 1. The van der Waals surface area contributed by atoms with Crippen molar-refractivity contribution in [1.29, 1.82) is 0 Å². The van der Waals surface area contributed by atoms with E-state index in [9.17, 15) is 18.5 Å². The van der Waals surface area contributed by atoms with Gasteiger partial charge in [-0.1, -0.05) is 5.92 Å². The lowest BCUT2D eigenvalue weighted by Gasteiger charge is -2.27. The van der Waals surface area contributed by atoms with E-state index in [1.54, 1.807) is 13.2 Å². The predicted molar refractivity (Wildman–Crippen MR) is 121 cm³/mol. The number of anilines is 2. The summed E-state index contributed by atoms with van der Waals surface area (Å²) in [7, 11) is -1.04. The molecular formula is C22H22FN5O4S. The van der Waals surface area contributed by atoms with Crippen molar-refractivity contribution < 1.29 is 23.2 Å². The highest BCUT2D eigenvalue weighted by Gasteiger charge is 2.21. The lowest BCUT2D eigenvalue weighted by Crippen LogP contribution is -2.35. The molecule has 2 aromatic heterocycles. The molecule has 0 spiro atoms. The second kappa shape index (κ2) is 9.56. The van der Waals surface area contributed by atoms with Crippen LogP contribution in [-0.2, 0) is 11.0 Å². The molecule has 3 aromatic rings. The van der Waals surface area contributed by atoms with E-state index in [-0.39, 0.29) is 17.2 Å². The minimum Gasteiger partial charge on any atom is -0.478 e. The van der Waals surface area contributed by atoms with Crippen molar-refractivity contribution in [1.82, 2.24) is 18.9 Å². The Balaban J connectivity index is 1.59. The number of hydrogen-bond acceptors (Lipinski definition) is 6. The Morgan fingerprint density at radius 1 is 1.42 bits per heavy atom. The highest BCUT2D eigenvalue weighted by molar-refractivity contribution is 7.81. The van der Waals surface area contributed by atoms with Gasteiger partial charge < -0.3 is 15.2 Å². The SMILES string of the molecule is Cc1c(C(=O)O)cn2ncnc(Nc3ccc(F)cc3OC#CC3CCCN(S(C)=O)C3)c12. The van der Waals surface area contributed by atoms with E-state index in [1.165, 1.54) is 35.2 Å². The highest BCUT2D eigenvalue weighted by atomic mass is 32.2. The number of rotatable bonds is 5. The lowest BCUT2D eigenvalue weighted by molar-refractivity contribution is 0.0696. The molecule has 172 valence electrons. The topological polar surface area (TPSA) is 109 Å². The fourth-order valence-electron chi connectivity index (χ4n) is 3.74. The fourth-order valence-corrected chi connectivity index (χ4v) is 4.52. The molecule has 9 nitrogen and oxygen atoms in total. The third-order valence-electron chi connectivity index (χ3n) is 5.43. The third-order valence-corrected chi connectivity index (χ3v) is 6.48. The van der Waals surface area contributed by atoms with Crippen LogP contribution in [0.2, 0.25) is 0 Å². The van der Waals surface area contributed by atoms with Crippen molar-refractivity contribution in [3.63, 3.8) is 0 Å². The van der Waals surface area contributed by atoms with Gasteiger partial charge in [0, 0.05) is 37.5 Å². The average Bonchev–Trinajstić information content (AvgIpc) is 3.13. The van der Waals surface area contributed by atoms with Crippen LogP contribution < -0.4 is 10.1 Å². The summed E-state index contributed by atoms with van der Waals surface area (Å²) in [5, 5.41) is 16.5. The largest absolute Gasteiger partial charge is 0.478 e. The molecule has 1 fully saturated rings. The van der Waals surface area contributed by atoms with Crippen molar-refractivity contribution in [3.8, 4) is 17.8 Å². The summed E-state index contributed by atoms with van der Waals surface area (Å²) < 4.78 is 34.5. The first-order chi connectivity index (χ1) is 15.8. The molecule has 0 bridgehead atoms. The monoisotopic (exact) mass is 471 g/mol. The molecule has 4 rings (SSSR count). The first-order valence-electron chi connectivity index (χ1n) is 10.2. The first-order valence-corrected chi connectivity index (χ1v) is 11.7. The number of aromatic nitrogens is 3. The predicted octanol–water partition coefficient (Wildman–Crippen LogP) is 2.96. The van der Waals surface area contributed by atoms with Gasteiger partial charge in [-0.15, -0.1) is 0 Å². The fraction of sp³-hybridized carbons (Fsp3) is 0.318. The molecule has 0 saturated carbocycles. The Morgan fingerprint density at radius 3 is 3.00 bits per heavy atom. The number of carboxylic acid groups (broad SMARTS) is 1. The Labute approximate surface area is 192 Å². The van der Waals surface area contributed by atoms with E-state index in [4.69, 9.17) is 4.74 Å². The van der Waals surface area contributed by atoms with E-state index in [0.717, 1.165) is 19.4 Å². The van der Waals surface area contributed by atoms with Crippen molar-refractivity contribution in [2.75, 3.05) is 24.7 Å². The Hall–Kier alpha value is -3.49. The maximum Gasteiger partial charge on any atom is 0.337 e. The molecule has 33 heavy (non-hydrogen) atoms.